The first kappa shape index (κ1) is 26.6. The van der Waals surface area contributed by atoms with Crippen molar-refractivity contribution in [3.63, 3.8) is 0 Å². The summed E-state index contributed by atoms with van der Waals surface area (Å²) in [6.45, 7) is 2.95. The van der Waals surface area contributed by atoms with E-state index >= 15 is 0 Å². The summed E-state index contributed by atoms with van der Waals surface area (Å²) in [4.78, 5) is 9.33. The van der Waals surface area contributed by atoms with Gasteiger partial charge in [-0.15, -0.1) is 0 Å². The fourth-order valence-electron chi connectivity index (χ4n) is 3.45. The average molecular weight is 482 g/mol. The molecule has 184 valence electrons. The predicted octanol–water partition coefficient (Wildman–Crippen LogP) is -1.35. The molecule has 2 heterocycles. The van der Waals surface area contributed by atoms with Crippen molar-refractivity contribution in [2.24, 2.45) is 0 Å². The smallest absolute Gasteiger partial charge is 0.388 e. The van der Waals surface area contributed by atoms with Crippen LogP contribution >= 0.6 is 0 Å². The molecule has 2 saturated heterocycles. The molecular weight excluding hydrogens is 456 g/mol. The summed E-state index contributed by atoms with van der Waals surface area (Å²) in [6, 6.07) is 0. The average Bonchev–Trinajstić information content (AvgIpc) is 2.69. The van der Waals surface area contributed by atoms with Gasteiger partial charge in [0, 0.05) is 14.2 Å². The minimum absolute atomic E-state index is 0.862. The standard InChI is InChI=1S/C14H26O16S/c1-5-7(15)9(11(26-29-16)13(22-4)23-5)25-14-12(27-30-17)10(28-31(18,19)20)8(21-3)6(2)24-14/h5-17H,1-4H3,(H,18,19,20)/t5?,6?,7-,8-,9+,10+,11?,12?,13-,14+/m1/s1. The zero-order chi connectivity index (χ0) is 23.3. The van der Waals surface area contributed by atoms with Gasteiger partial charge in [-0.25, -0.2) is 14.7 Å². The molecular formula is C14H26O16S. The second-order valence-electron chi connectivity index (χ2n) is 6.71. The molecule has 0 spiro atoms. The van der Waals surface area contributed by atoms with Crippen LogP contribution < -0.4 is 0 Å². The van der Waals surface area contributed by atoms with Gasteiger partial charge in [-0.3, -0.25) is 4.55 Å². The van der Waals surface area contributed by atoms with Crippen LogP contribution in [-0.4, -0.2) is 104 Å². The molecule has 2 aliphatic rings. The van der Waals surface area contributed by atoms with Crippen molar-refractivity contribution in [2.45, 2.75) is 75.3 Å². The van der Waals surface area contributed by atoms with Gasteiger partial charge in [-0.2, -0.15) is 18.2 Å². The Morgan fingerprint density at radius 3 is 1.81 bits per heavy atom. The molecule has 0 aliphatic carbocycles. The minimum Gasteiger partial charge on any atom is -0.388 e. The lowest BCUT2D eigenvalue weighted by Gasteiger charge is -2.46. The molecule has 17 heteroatoms. The second kappa shape index (κ2) is 11.5. The maximum Gasteiger partial charge on any atom is 0.397 e. The Kier molecular flexibility index (Phi) is 9.88. The van der Waals surface area contributed by atoms with Gasteiger partial charge in [-0.05, 0) is 13.8 Å². The monoisotopic (exact) mass is 482 g/mol. The van der Waals surface area contributed by atoms with Crippen LogP contribution in [0.5, 0.6) is 0 Å². The molecule has 2 rings (SSSR count). The molecule has 4 unspecified atom stereocenters. The Morgan fingerprint density at radius 1 is 0.774 bits per heavy atom. The Hall–Kier alpha value is -0.610. The Morgan fingerprint density at radius 2 is 1.32 bits per heavy atom. The third kappa shape index (κ3) is 6.47. The first-order valence-corrected chi connectivity index (χ1v) is 10.2. The maximum atomic E-state index is 11.3. The molecule has 0 radical (unpaired) electrons. The van der Waals surface area contributed by atoms with Gasteiger partial charge in [0.2, 0.25) is 0 Å². The molecule has 0 aromatic rings. The van der Waals surface area contributed by atoms with E-state index in [1.165, 1.54) is 28.1 Å². The van der Waals surface area contributed by atoms with Crippen molar-refractivity contribution in [1.82, 2.24) is 0 Å². The molecule has 0 aromatic carbocycles. The van der Waals surface area contributed by atoms with Gasteiger partial charge < -0.3 is 28.8 Å². The van der Waals surface area contributed by atoms with E-state index in [0.29, 0.717) is 0 Å². The fraction of sp³-hybridized carbons (Fsp3) is 1.00. The first-order chi connectivity index (χ1) is 14.6. The van der Waals surface area contributed by atoms with Crippen LogP contribution in [0.3, 0.4) is 0 Å². The quantitative estimate of drug-likeness (QED) is 0.161. The van der Waals surface area contributed by atoms with E-state index in [0.717, 1.165) is 0 Å². The lowest BCUT2D eigenvalue weighted by Crippen LogP contribution is -2.64. The van der Waals surface area contributed by atoms with E-state index < -0.39 is 71.8 Å². The zero-order valence-electron chi connectivity index (χ0n) is 16.9. The summed E-state index contributed by atoms with van der Waals surface area (Å²) in [5.74, 6) is 0. The number of hydrogen-bond donors (Lipinski definition) is 4. The zero-order valence-corrected chi connectivity index (χ0v) is 17.7. The van der Waals surface area contributed by atoms with Crippen LogP contribution in [0.15, 0.2) is 0 Å². The summed E-state index contributed by atoms with van der Waals surface area (Å²) in [7, 11) is -2.56. The molecule has 0 bridgehead atoms. The number of hydrogen-bond acceptors (Lipinski definition) is 15. The molecule has 2 aliphatic heterocycles. The van der Waals surface area contributed by atoms with Gasteiger partial charge in [0.05, 0.1) is 12.2 Å². The van der Waals surface area contributed by atoms with Crippen LogP contribution in [0.25, 0.3) is 0 Å². The van der Waals surface area contributed by atoms with Gasteiger partial charge >= 0.3 is 10.4 Å². The van der Waals surface area contributed by atoms with E-state index in [1.807, 2.05) is 0 Å². The van der Waals surface area contributed by atoms with Crippen molar-refractivity contribution in [3.8, 4) is 0 Å². The van der Waals surface area contributed by atoms with Gasteiger partial charge in [0.25, 0.3) is 0 Å². The van der Waals surface area contributed by atoms with Gasteiger partial charge in [0.15, 0.2) is 24.8 Å². The third-order valence-corrected chi connectivity index (χ3v) is 5.29. The van der Waals surface area contributed by atoms with E-state index in [-0.39, 0.29) is 0 Å². The second-order valence-corrected chi connectivity index (χ2v) is 7.75. The normalized spacial score (nSPS) is 41.9. The Balaban J connectivity index is 2.36. The van der Waals surface area contributed by atoms with E-state index in [4.69, 9.17) is 38.8 Å². The molecule has 0 saturated carbocycles. The third-order valence-electron chi connectivity index (χ3n) is 4.82. The number of methoxy groups -OCH3 is 2. The molecule has 31 heavy (non-hydrogen) atoms. The summed E-state index contributed by atoms with van der Waals surface area (Å²) in [5.41, 5.74) is 0. The van der Waals surface area contributed by atoms with Crippen LogP contribution in [0.1, 0.15) is 13.8 Å². The topological polar surface area (TPSA) is 207 Å². The summed E-state index contributed by atoms with van der Waals surface area (Å²) >= 11 is 0. The van der Waals surface area contributed by atoms with Crippen molar-refractivity contribution < 1.29 is 76.3 Å². The lowest BCUT2D eigenvalue weighted by atomic mass is 9.97. The molecule has 0 aromatic heterocycles. The Bertz CT molecular complexity index is 646. The first-order valence-electron chi connectivity index (χ1n) is 8.87. The number of ether oxygens (including phenoxy) is 5. The van der Waals surface area contributed by atoms with E-state index in [1.54, 1.807) is 0 Å². The highest BCUT2D eigenvalue weighted by Crippen LogP contribution is 2.33. The van der Waals surface area contributed by atoms with E-state index in [9.17, 15) is 13.5 Å². The van der Waals surface area contributed by atoms with Gasteiger partial charge in [0.1, 0.15) is 24.4 Å². The maximum absolute atomic E-state index is 11.3. The van der Waals surface area contributed by atoms with Gasteiger partial charge in [-0.1, -0.05) is 10.1 Å². The molecule has 0 amide bonds. The van der Waals surface area contributed by atoms with Crippen molar-refractivity contribution in [2.75, 3.05) is 14.2 Å². The number of aliphatic hydroxyl groups excluding tert-OH is 1. The highest BCUT2D eigenvalue weighted by molar-refractivity contribution is 7.80. The highest BCUT2D eigenvalue weighted by Gasteiger charge is 2.54. The predicted molar refractivity (Wildman–Crippen MR) is 91.0 cm³/mol. The summed E-state index contributed by atoms with van der Waals surface area (Å²) < 4.78 is 63.3. The molecule has 10 atom stereocenters. The molecule has 16 nitrogen and oxygen atoms in total. The molecule has 2 fully saturated rings. The molecule has 4 N–H and O–H groups in total. The van der Waals surface area contributed by atoms with Crippen molar-refractivity contribution >= 4 is 10.4 Å². The van der Waals surface area contributed by atoms with Crippen LogP contribution in [0, 0.1) is 0 Å². The van der Waals surface area contributed by atoms with Crippen LogP contribution in [0.4, 0.5) is 0 Å². The highest BCUT2D eigenvalue weighted by atomic mass is 32.3. The SMILES string of the molecule is CO[C@@H]1OC(C)[C@@H](O)[C@H](O[C@@H]2OC(C)[C@@H](OC)[C@H](OS(=O)(=O)O)C2OOO)C1OOO. The largest absolute Gasteiger partial charge is 0.397 e. The fourth-order valence-corrected chi connectivity index (χ4v) is 3.95. The van der Waals surface area contributed by atoms with E-state index in [2.05, 4.69) is 24.0 Å². The lowest BCUT2D eigenvalue weighted by molar-refractivity contribution is -0.544. The van der Waals surface area contributed by atoms with Crippen LogP contribution in [-0.2, 0) is 58.1 Å². The van der Waals surface area contributed by atoms with Crippen molar-refractivity contribution in [1.29, 1.82) is 0 Å². The minimum atomic E-state index is -5.03. The Labute approximate surface area is 177 Å². The summed E-state index contributed by atoms with van der Waals surface area (Å²) in [5, 5.41) is 35.4. The summed E-state index contributed by atoms with van der Waals surface area (Å²) in [6.07, 6.45) is -13.2. The number of aliphatic hydroxyl groups is 1. The van der Waals surface area contributed by atoms with Crippen molar-refractivity contribution in [3.05, 3.63) is 0 Å². The van der Waals surface area contributed by atoms with Crippen LogP contribution in [0.2, 0.25) is 0 Å². The number of rotatable bonds is 10.